The minimum absolute atomic E-state index is 0.00820. The molecule has 0 unspecified atom stereocenters. The van der Waals surface area contributed by atoms with Crippen molar-refractivity contribution in [1.82, 2.24) is 20.6 Å². The molecule has 1 heterocycles. The molecule has 35 heavy (non-hydrogen) atoms. The van der Waals surface area contributed by atoms with Crippen molar-refractivity contribution in [2.45, 2.75) is 65.1 Å². The zero-order chi connectivity index (χ0) is 25.2. The van der Waals surface area contributed by atoms with E-state index in [1.165, 1.54) is 18.7 Å². The summed E-state index contributed by atoms with van der Waals surface area (Å²) >= 11 is 6.23. The van der Waals surface area contributed by atoms with E-state index in [0.29, 0.717) is 17.1 Å². The van der Waals surface area contributed by atoms with Crippen molar-refractivity contribution >= 4 is 23.4 Å². The minimum atomic E-state index is -0.621. The molecule has 2 aliphatic rings. The highest BCUT2D eigenvalue weighted by Crippen LogP contribution is 2.55. The third kappa shape index (κ3) is 5.36. The van der Waals surface area contributed by atoms with Gasteiger partial charge in [0.2, 0.25) is 5.91 Å². The molecule has 4 rings (SSSR count). The fourth-order valence-electron chi connectivity index (χ4n) is 6.35. The van der Waals surface area contributed by atoms with Crippen molar-refractivity contribution in [3.8, 4) is 0 Å². The van der Waals surface area contributed by atoms with E-state index in [-0.39, 0.29) is 46.9 Å². The predicted octanol–water partition coefficient (Wildman–Crippen LogP) is 4.00. The molecule has 2 aliphatic carbocycles. The molecule has 0 radical (unpaired) electrons. The van der Waals surface area contributed by atoms with E-state index in [1.807, 2.05) is 31.2 Å². The quantitative estimate of drug-likeness (QED) is 0.558. The molecule has 2 aromatic rings. The predicted molar refractivity (Wildman–Crippen MR) is 134 cm³/mol. The lowest BCUT2D eigenvalue weighted by Gasteiger charge is -2.56. The average Bonchev–Trinajstić information content (AvgIpc) is 2.85. The largest absolute Gasteiger partial charge is 0.392 e. The summed E-state index contributed by atoms with van der Waals surface area (Å²) in [6, 6.07) is 7.41. The summed E-state index contributed by atoms with van der Waals surface area (Å²) in [6.45, 7) is 6.63. The van der Waals surface area contributed by atoms with E-state index >= 15 is 0 Å². The Morgan fingerprint density at radius 1 is 1.20 bits per heavy atom. The van der Waals surface area contributed by atoms with Gasteiger partial charge in [-0.2, -0.15) is 0 Å². The summed E-state index contributed by atoms with van der Waals surface area (Å²) in [5.41, 5.74) is 1.29. The number of carbonyl (C=O) groups is 2. The van der Waals surface area contributed by atoms with Crippen molar-refractivity contribution in [2.24, 2.45) is 29.1 Å². The highest BCUT2D eigenvalue weighted by Gasteiger charge is 2.53. The van der Waals surface area contributed by atoms with Crippen molar-refractivity contribution in [2.75, 3.05) is 0 Å². The summed E-state index contributed by atoms with van der Waals surface area (Å²) in [4.78, 5) is 33.6. The first kappa shape index (κ1) is 25.6. The van der Waals surface area contributed by atoms with Gasteiger partial charge < -0.3 is 15.7 Å². The molecule has 188 valence electrons. The number of nitrogens with one attached hydrogen (secondary N) is 2. The number of carbonyl (C=O) groups excluding carboxylic acids is 2. The molecule has 7 nitrogen and oxygen atoms in total. The molecular weight excluding hydrogens is 464 g/mol. The number of amides is 2. The Morgan fingerprint density at radius 2 is 1.89 bits per heavy atom. The number of hydrogen-bond donors (Lipinski definition) is 3. The van der Waals surface area contributed by atoms with Crippen LogP contribution < -0.4 is 10.6 Å². The first-order valence-corrected chi connectivity index (χ1v) is 12.8. The van der Waals surface area contributed by atoms with Crippen molar-refractivity contribution in [1.29, 1.82) is 0 Å². The summed E-state index contributed by atoms with van der Waals surface area (Å²) < 4.78 is 0. The first-order chi connectivity index (χ1) is 16.7. The van der Waals surface area contributed by atoms with Gasteiger partial charge in [0.05, 0.1) is 11.7 Å². The van der Waals surface area contributed by atoms with Crippen LogP contribution in [0, 0.1) is 29.1 Å². The number of hydrogen-bond acceptors (Lipinski definition) is 5. The number of rotatable bonds is 6. The van der Waals surface area contributed by atoms with Gasteiger partial charge in [-0.05, 0) is 60.5 Å². The van der Waals surface area contributed by atoms with Crippen LogP contribution in [0.3, 0.4) is 0 Å². The number of halogens is 1. The monoisotopic (exact) mass is 498 g/mol. The first-order valence-electron chi connectivity index (χ1n) is 12.5. The molecular formula is C27H35ClN4O3. The molecule has 1 aromatic heterocycles. The van der Waals surface area contributed by atoms with Crippen LogP contribution in [0.1, 0.15) is 62.4 Å². The minimum Gasteiger partial charge on any atom is -0.392 e. The van der Waals surface area contributed by atoms with Gasteiger partial charge in [0.25, 0.3) is 5.91 Å². The number of nitrogens with zero attached hydrogens (tertiary/aromatic N) is 2. The summed E-state index contributed by atoms with van der Waals surface area (Å²) in [6.07, 6.45) is 7.34. The number of fused-ring (bicyclic) bond motifs is 1. The summed E-state index contributed by atoms with van der Waals surface area (Å²) in [5, 5.41) is 18.4. The maximum absolute atomic E-state index is 13.0. The Morgan fingerprint density at radius 3 is 2.60 bits per heavy atom. The highest BCUT2D eigenvalue weighted by molar-refractivity contribution is 6.31. The van der Waals surface area contributed by atoms with Gasteiger partial charge in [-0.1, -0.05) is 50.6 Å². The fourth-order valence-corrected chi connectivity index (χ4v) is 6.55. The van der Waals surface area contributed by atoms with Crippen LogP contribution in [0.5, 0.6) is 0 Å². The number of aliphatic hydroxyl groups excluding tert-OH is 1. The van der Waals surface area contributed by atoms with E-state index in [0.717, 1.165) is 31.2 Å². The average molecular weight is 499 g/mol. The lowest BCUT2D eigenvalue weighted by Crippen LogP contribution is -2.58. The molecule has 2 amide bonds. The van der Waals surface area contributed by atoms with Crippen LogP contribution in [0.2, 0.25) is 5.02 Å². The van der Waals surface area contributed by atoms with Crippen LogP contribution in [0.25, 0.3) is 0 Å². The second kappa shape index (κ2) is 10.6. The summed E-state index contributed by atoms with van der Waals surface area (Å²) in [7, 11) is 0. The van der Waals surface area contributed by atoms with Crippen molar-refractivity contribution in [3.05, 3.63) is 59.1 Å². The van der Waals surface area contributed by atoms with Crippen LogP contribution in [-0.2, 0) is 11.3 Å². The summed E-state index contributed by atoms with van der Waals surface area (Å²) in [5.74, 6) is -0.681. The van der Waals surface area contributed by atoms with Crippen LogP contribution in [0.4, 0.5) is 0 Å². The molecule has 2 saturated carbocycles. The maximum atomic E-state index is 13.0. The van der Waals surface area contributed by atoms with Crippen LogP contribution >= 0.6 is 11.6 Å². The Balaban J connectivity index is 1.43. The molecule has 7 atom stereocenters. The van der Waals surface area contributed by atoms with Crippen LogP contribution in [0.15, 0.2) is 43.0 Å². The second-order valence-corrected chi connectivity index (χ2v) is 11.0. The van der Waals surface area contributed by atoms with E-state index in [1.54, 1.807) is 0 Å². The van der Waals surface area contributed by atoms with Crippen LogP contribution in [-0.4, -0.2) is 39.0 Å². The van der Waals surface area contributed by atoms with Gasteiger partial charge >= 0.3 is 0 Å². The molecule has 0 spiro atoms. The Hall–Kier alpha value is -2.51. The van der Waals surface area contributed by atoms with Gasteiger partial charge in [-0.15, -0.1) is 0 Å². The smallest absolute Gasteiger partial charge is 0.254 e. The number of aliphatic hydroxyl groups is 1. The van der Waals surface area contributed by atoms with Crippen molar-refractivity contribution < 1.29 is 14.7 Å². The lowest BCUT2D eigenvalue weighted by molar-refractivity contribution is -0.142. The number of aromatic nitrogens is 2. The SMILES string of the molecule is C[C@H]1[C@@H]2[C@@H](O)[C@H]([C@H](C)C(=O)NCc3ccccc3Cl)CC[C@@]2(C)CC[C@@H]1NC(=O)c1cncnc1. The third-order valence-electron chi connectivity index (χ3n) is 8.49. The molecule has 8 heteroatoms. The van der Waals surface area contributed by atoms with Gasteiger partial charge in [-0.25, -0.2) is 9.97 Å². The van der Waals surface area contributed by atoms with Gasteiger partial charge in [0.15, 0.2) is 0 Å². The normalized spacial score (nSPS) is 31.2. The number of benzene rings is 1. The van der Waals surface area contributed by atoms with Gasteiger partial charge in [0.1, 0.15) is 6.33 Å². The Bertz CT molecular complexity index is 1050. The molecule has 0 aliphatic heterocycles. The van der Waals surface area contributed by atoms with Gasteiger partial charge in [0, 0.05) is 35.9 Å². The Labute approximate surface area is 212 Å². The molecule has 3 N–H and O–H groups in total. The zero-order valence-electron chi connectivity index (χ0n) is 20.6. The second-order valence-electron chi connectivity index (χ2n) is 10.6. The van der Waals surface area contributed by atoms with E-state index in [4.69, 9.17) is 11.6 Å². The zero-order valence-corrected chi connectivity index (χ0v) is 21.3. The van der Waals surface area contributed by atoms with E-state index < -0.39 is 6.10 Å². The third-order valence-corrected chi connectivity index (χ3v) is 8.86. The van der Waals surface area contributed by atoms with Crippen molar-refractivity contribution in [3.63, 3.8) is 0 Å². The Kier molecular flexibility index (Phi) is 7.77. The molecule has 0 saturated heterocycles. The lowest BCUT2D eigenvalue weighted by atomic mass is 9.51. The molecule has 2 fully saturated rings. The fraction of sp³-hybridized carbons (Fsp3) is 0.556. The highest BCUT2D eigenvalue weighted by atomic mass is 35.5. The standard InChI is InChI=1S/C27H35ClN4O3/c1-16(25(34)31-14-18-6-4-5-7-21(18)28)20-8-10-27(3)11-9-22(17(2)23(27)24(20)33)32-26(35)19-12-29-15-30-13-19/h4-7,12-13,15-17,20,22-24,33H,8-11,14H2,1-3H3,(H,31,34)(H,32,35)/t16-,17+,20-,22-,23+,24-,27-/m0/s1. The van der Waals surface area contributed by atoms with E-state index in [2.05, 4.69) is 34.4 Å². The maximum Gasteiger partial charge on any atom is 0.254 e. The molecule has 1 aromatic carbocycles. The molecule has 0 bridgehead atoms. The topological polar surface area (TPSA) is 104 Å². The van der Waals surface area contributed by atoms with Gasteiger partial charge in [-0.3, -0.25) is 9.59 Å². The van der Waals surface area contributed by atoms with E-state index in [9.17, 15) is 14.7 Å².